The van der Waals surface area contributed by atoms with Crippen LogP contribution in [0.4, 0.5) is 10.3 Å². The molecule has 0 saturated heterocycles. The quantitative estimate of drug-likeness (QED) is 0.841. The largest absolute Gasteiger partial charge is 0.337 e. The predicted molar refractivity (Wildman–Crippen MR) is 75.8 cm³/mol. The Morgan fingerprint density at radius 1 is 1.15 bits per heavy atom. The van der Waals surface area contributed by atoms with E-state index in [-0.39, 0.29) is 5.82 Å². The minimum atomic E-state index is -0.201. The van der Waals surface area contributed by atoms with E-state index in [0.29, 0.717) is 5.95 Å². The number of aryl methyl sites for hydroxylation is 1. The van der Waals surface area contributed by atoms with Crippen molar-refractivity contribution in [1.82, 2.24) is 15.0 Å². The van der Waals surface area contributed by atoms with Gasteiger partial charge in [-0.1, -0.05) is 18.2 Å². The second kappa shape index (κ2) is 5.36. The Labute approximate surface area is 117 Å². The number of hydrogen-bond acceptors (Lipinski definition) is 4. The van der Waals surface area contributed by atoms with Crippen LogP contribution in [0.2, 0.25) is 0 Å². The van der Waals surface area contributed by atoms with Gasteiger partial charge in [0.1, 0.15) is 18.0 Å². The number of hydrogen-bond donors (Lipinski definition) is 0. The van der Waals surface area contributed by atoms with E-state index in [4.69, 9.17) is 0 Å². The van der Waals surface area contributed by atoms with Gasteiger partial charge in [-0.05, 0) is 36.6 Å². The molecule has 1 aromatic carbocycles. The summed E-state index contributed by atoms with van der Waals surface area (Å²) in [5.74, 6) is 1.24. The van der Waals surface area contributed by atoms with Crippen LogP contribution in [-0.2, 0) is 0 Å². The van der Waals surface area contributed by atoms with Crippen molar-refractivity contribution in [3.05, 3.63) is 53.9 Å². The van der Waals surface area contributed by atoms with Crippen LogP contribution in [-0.4, -0.2) is 28.0 Å². The molecule has 0 amide bonds. The molecule has 102 valence electrons. The van der Waals surface area contributed by atoms with Gasteiger partial charge in [0.25, 0.3) is 0 Å². The molecule has 0 saturated carbocycles. The Hall–Kier alpha value is -2.30. The predicted octanol–water partition coefficient (Wildman–Crippen LogP) is 2.61. The van der Waals surface area contributed by atoms with Gasteiger partial charge in [-0.15, -0.1) is 0 Å². The summed E-state index contributed by atoms with van der Waals surface area (Å²) in [5.41, 5.74) is 2.32. The smallest absolute Gasteiger partial charge is 0.228 e. The zero-order valence-electron chi connectivity index (χ0n) is 11.3. The van der Waals surface area contributed by atoms with E-state index in [9.17, 15) is 4.39 Å². The highest BCUT2D eigenvalue weighted by molar-refractivity contribution is 5.68. The molecule has 1 aromatic heterocycles. The highest BCUT2D eigenvalue weighted by Gasteiger charge is 2.15. The van der Waals surface area contributed by atoms with Crippen LogP contribution in [0.3, 0.4) is 0 Å². The molecule has 20 heavy (non-hydrogen) atoms. The van der Waals surface area contributed by atoms with Gasteiger partial charge in [-0.2, -0.15) is 4.98 Å². The lowest BCUT2D eigenvalue weighted by molar-refractivity contribution is 0.627. The Kier molecular flexibility index (Phi) is 3.41. The molecule has 3 rings (SSSR count). The van der Waals surface area contributed by atoms with Gasteiger partial charge in [0, 0.05) is 13.1 Å². The number of nitrogens with zero attached hydrogens (tertiary/aromatic N) is 4. The van der Waals surface area contributed by atoms with E-state index in [0.717, 1.165) is 30.9 Å². The Balaban J connectivity index is 1.76. The Morgan fingerprint density at radius 2 is 1.95 bits per heavy atom. The topological polar surface area (TPSA) is 41.9 Å². The molecule has 0 bridgehead atoms. The third-order valence-corrected chi connectivity index (χ3v) is 3.39. The molecule has 2 heterocycles. The minimum absolute atomic E-state index is 0.201. The number of anilines is 1. The van der Waals surface area contributed by atoms with E-state index < -0.39 is 0 Å². The van der Waals surface area contributed by atoms with Crippen molar-refractivity contribution in [3.8, 4) is 0 Å². The lowest BCUT2D eigenvalue weighted by Crippen LogP contribution is -2.30. The number of halogens is 1. The van der Waals surface area contributed by atoms with E-state index >= 15 is 0 Å². The number of rotatable bonds is 2. The molecule has 0 radical (unpaired) electrons. The molecule has 2 aromatic rings. The second-order valence-corrected chi connectivity index (χ2v) is 4.76. The van der Waals surface area contributed by atoms with Gasteiger partial charge in [-0.25, -0.2) is 14.4 Å². The summed E-state index contributed by atoms with van der Waals surface area (Å²) >= 11 is 0. The number of benzene rings is 1. The highest BCUT2D eigenvalue weighted by Crippen LogP contribution is 2.24. The van der Waals surface area contributed by atoms with Crippen molar-refractivity contribution >= 4 is 11.5 Å². The van der Waals surface area contributed by atoms with E-state index in [2.05, 4.69) is 25.9 Å². The summed E-state index contributed by atoms with van der Waals surface area (Å²) in [5, 5.41) is 0. The molecule has 0 atom stereocenters. The minimum Gasteiger partial charge on any atom is -0.337 e. The van der Waals surface area contributed by atoms with Gasteiger partial charge in [0.05, 0.1) is 0 Å². The summed E-state index contributed by atoms with van der Waals surface area (Å²) in [7, 11) is 0. The molecule has 0 fully saturated rings. The SMILES string of the molecule is Cc1ncnc(N2CC=C(c3ccc(F)cc3)CC2)n1. The standard InChI is InChI=1S/C15H15FN4/c1-11-17-10-18-15(19-11)20-8-6-13(7-9-20)12-2-4-14(16)5-3-12/h2-6,10H,7-9H2,1H3. The van der Waals surface area contributed by atoms with Gasteiger partial charge in [0.15, 0.2) is 0 Å². The van der Waals surface area contributed by atoms with Crippen LogP contribution in [0, 0.1) is 12.7 Å². The van der Waals surface area contributed by atoms with Crippen LogP contribution in [0.5, 0.6) is 0 Å². The molecular weight excluding hydrogens is 255 g/mol. The lowest BCUT2D eigenvalue weighted by atomic mass is 10.00. The Bertz CT molecular complexity index is 637. The first-order chi connectivity index (χ1) is 9.72. The van der Waals surface area contributed by atoms with Gasteiger partial charge < -0.3 is 4.90 Å². The van der Waals surface area contributed by atoms with Crippen LogP contribution in [0.15, 0.2) is 36.7 Å². The summed E-state index contributed by atoms with van der Waals surface area (Å²) in [6.45, 7) is 3.47. The first kappa shape index (κ1) is 12.7. The maximum Gasteiger partial charge on any atom is 0.228 e. The summed E-state index contributed by atoms with van der Waals surface area (Å²) < 4.78 is 12.9. The maximum atomic E-state index is 12.9. The van der Waals surface area contributed by atoms with Crippen LogP contribution in [0.25, 0.3) is 5.57 Å². The van der Waals surface area contributed by atoms with E-state index in [1.165, 1.54) is 24.0 Å². The van der Waals surface area contributed by atoms with Crippen molar-refractivity contribution in [2.75, 3.05) is 18.0 Å². The van der Waals surface area contributed by atoms with Crippen molar-refractivity contribution in [1.29, 1.82) is 0 Å². The maximum absolute atomic E-state index is 12.9. The third kappa shape index (κ3) is 2.66. The first-order valence-corrected chi connectivity index (χ1v) is 6.58. The molecule has 5 heteroatoms. The monoisotopic (exact) mass is 270 g/mol. The number of aromatic nitrogens is 3. The van der Waals surface area contributed by atoms with Crippen molar-refractivity contribution in [2.45, 2.75) is 13.3 Å². The van der Waals surface area contributed by atoms with Crippen LogP contribution >= 0.6 is 0 Å². The van der Waals surface area contributed by atoms with Gasteiger partial charge in [0.2, 0.25) is 5.95 Å². The average Bonchev–Trinajstić information content (AvgIpc) is 2.48. The zero-order valence-corrected chi connectivity index (χ0v) is 11.3. The van der Waals surface area contributed by atoms with Crippen molar-refractivity contribution in [3.63, 3.8) is 0 Å². The highest BCUT2D eigenvalue weighted by atomic mass is 19.1. The Morgan fingerprint density at radius 3 is 2.60 bits per heavy atom. The van der Waals surface area contributed by atoms with E-state index in [1.807, 2.05) is 19.1 Å². The molecule has 0 spiro atoms. The van der Waals surface area contributed by atoms with Crippen LogP contribution < -0.4 is 4.90 Å². The second-order valence-electron chi connectivity index (χ2n) is 4.76. The van der Waals surface area contributed by atoms with E-state index in [1.54, 1.807) is 0 Å². The first-order valence-electron chi connectivity index (χ1n) is 6.58. The lowest BCUT2D eigenvalue weighted by Gasteiger charge is -2.26. The fourth-order valence-corrected chi connectivity index (χ4v) is 2.30. The van der Waals surface area contributed by atoms with Gasteiger partial charge >= 0.3 is 0 Å². The molecule has 0 unspecified atom stereocenters. The fraction of sp³-hybridized carbons (Fsp3) is 0.267. The van der Waals surface area contributed by atoms with Crippen molar-refractivity contribution < 1.29 is 4.39 Å². The summed E-state index contributed by atoms with van der Waals surface area (Å²) in [6, 6.07) is 6.64. The molecule has 0 N–H and O–H groups in total. The molecule has 4 nitrogen and oxygen atoms in total. The normalized spacial score (nSPS) is 15.1. The molecule has 0 aliphatic carbocycles. The van der Waals surface area contributed by atoms with Crippen LogP contribution in [0.1, 0.15) is 17.8 Å². The van der Waals surface area contributed by atoms with Crippen molar-refractivity contribution in [2.24, 2.45) is 0 Å². The molecule has 1 aliphatic heterocycles. The zero-order chi connectivity index (χ0) is 13.9. The fourth-order valence-electron chi connectivity index (χ4n) is 2.30. The summed E-state index contributed by atoms with van der Waals surface area (Å²) in [4.78, 5) is 14.6. The average molecular weight is 270 g/mol. The molecular formula is C15H15FN4. The molecule has 1 aliphatic rings. The third-order valence-electron chi connectivity index (χ3n) is 3.39. The summed E-state index contributed by atoms with van der Waals surface area (Å²) in [6.07, 6.45) is 4.59. The van der Waals surface area contributed by atoms with Gasteiger partial charge in [-0.3, -0.25) is 0 Å².